The predicted octanol–water partition coefficient (Wildman–Crippen LogP) is 4.23. The quantitative estimate of drug-likeness (QED) is 0.470. The molecule has 0 saturated carbocycles. The fraction of sp³-hybridized carbons (Fsp3) is 0.263. The van der Waals surface area contributed by atoms with Crippen molar-refractivity contribution in [2.24, 2.45) is 0 Å². The van der Waals surface area contributed by atoms with E-state index < -0.39 is 33.9 Å². The van der Waals surface area contributed by atoms with E-state index in [4.69, 9.17) is 16.6 Å². The van der Waals surface area contributed by atoms with Crippen molar-refractivity contribution >= 4 is 50.1 Å². The first-order valence-corrected chi connectivity index (χ1v) is 12.0. The zero-order valence-corrected chi connectivity index (χ0v) is 18.0. The van der Waals surface area contributed by atoms with Gasteiger partial charge in [0.05, 0.1) is 28.0 Å². The van der Waals surface area contributed by atoms with Crippen molar-refractivity contribution in [2.45, 2.75) is 18.8 Å². The van der Waals surface area contributed by atoms with Gasteiger partial charge in [-0.3, -0.25) is 9.69 Å². The number of alkyl halides is 3. The lowest BCUT2D eigenvalue weighted by atomic mass is 10.1. The van der Waals surface area contributed by atoms with Crippen LogP contribution in [0.2, 0.25) is 0 Å². The van der Waals surface area contributed by atoms with E-state index in [2.05, 4.69) is 4.74 Å². The molecule has 6 nitrogen and oxygen atoms in total. The number of halogens is 3. The highest BCUT2D eigenvalue weighted by Crippen LogP contribution is 2.38. The molecule has 0 bridgehead atoms. The van der Waals surface area contributed by atoms with Crippen LogP contribution in [0.15, 0.2) is 45.7 Å². The fourth-order valence-electron chi connectivity index (χ4n) is 3.36. The first kappa shape index (κ1) is 21.9. The van der Waals surface area contributed by atoms with Gasteiger partial charge < -0.3 is 9.15 Å². The van der Waals surface area contributed by atoms with Crippen molar-refractivity contribution < 1.29 is 35.5 Å². The maximum absolute atomic E-state index is 12.8. The van der Waals surface area contributed by atoms with Crippen molar-refractivity contribution in [3.05, 3.63) is 47.1 Å². The molecule has 0 N–H and O–H groups in total. The summed E-state index contributed by atoms with van der Waals surface area (Å²) >= 11 is 6.27. The molecular weight excluding hydrogens is 475 g/mol. The maximum Gasteiger partial charge on any atom is 0.573 e. The molecule has 1 aromatic carbocycles. The summed E-state index contributed by atoms with van der Waals surface area (Å²) < 4.78 is 71.3. The predicted molar refractivity (Wildman–Crippen MR) is 113 cm³/mol. The molecule has 2 aliphatic rings. The smallest absolute Gasteiger partial charge is 0.457 e. The largest absolute Gasteiger partial charge is 0.573 e. The number of hydrogen-bond donors (Lipinski definition) is 0. The van der Waals surface area contributed by atoms with Crippen LogP contribution in [0.25, 0.3) is 17.4 Å². The van der Waals surface area contributed by atoms with Crippen LogP contribution in [0.5, 0.6) is 5.75 Å². The number of para-hydroxylation sites is 1. The number of sulfone groups is 1. The lowest BCUT2D eigenvalue weighted by Crippen LogP contribution is -2.39. The number of nitrogens with zero attached hydrogens (tertiary/aromatic N) is 1. The maximum atomic E-state index is 12.8. The van der Waals surface area contributed by atoms with Crippen molar-refractivity contribution in [3.63, 3.8) is 0 Å². The standard InChI is InChI=1S/C19H14F3NO5S3/c20-19(21,22)28-15-4-2-1-3-13(15)14-6-5-12(27-14)9-16-17(24)23(18(29)30-16)11-7-8-31(25,26)10-11/h1-6,9,11H,7-8,10H2/b16-9+. The van der Waals surface area contributed by atoms with E-state index >= 15 is 0 Å². The van der Waals surface area contributed by atoms with Gasteiger partial charge in [0.25, 0.3) is 5.91 Å². The fourth-order valence-corrected chi connectivity index (χ4v) is 6.44. The highest BCUT2D eigenvalue weighted by molar-refractivity contribution is 8.26. The molecule has 1 amide bonds. The Hall–Kier alpha value is -2.31. The Bertz CT molecular complexity index is 1190. The molecule has 2 saturated heterocycles. The molecule has 164 valence electrons. The lowest BCUT2D eigenvalue weighted by molar-refractivity contribution is -0.274. The van der Waals surface area contributed by atoms with Gasteiger partial charge in [0.2, 0.25) is 0 Å². The van der Waals surface area contributed by atoms with Crippen LogP contribution < -0.4 is 4.74 Å². The Morgan fingerprint density at radius 1 is 1.23 bits per heavy atom. The number of benzene rings is 1. The van der Waals surface area contributed by atoms with Crippen molar-refractivity contribution in [1.29, 1.82) is 0 Å². The monoisotopic (exact) mass is 489 g/mol. The molecule has 1 aromatic heterocycles. The second-order valence-electron chi connectivity index (χ2n) is 6.85. The number of thioether (sulfide) groups is 1. The number of thiocarbonyl (C=S) groups is 1. The molecule has 4 rings (SSSR count). The van der Waals surface area contributed by atoms with E-state index in [1.165, 1.54) is 41.3 Å². The summed E-state index contributed by atoms with van der Waals surface area (Å²) in [5, 5.41) is 0. The van der Waals surface area contributed by atoms with E-state index in [-0.39, 0.29) is 37.8 Å². The Kier molecular flexibility index (Phi) is 5.64. The van der Waals surface area contributed by atoms with Gasteiger partial charge in [-0.2, -0.15) is 0 Å². The van der Waals surface area contributed by atoms with E-state index in [9.17, 15) is 26.4 Å². The summed E-state index contributed by atoms with van der Waals surface area (Å²) in [4.78, 5) is 14.3. The summed E-state index contributed by atoms with van der Waals surface area (Å²) in [5.74, 6) is -0.595. The Balaban J connectivity index is 1.57. The van der Waals surface area contributed by atoms with Crippen molar-refractivity contribution in [1.82, 2.24) is 4.90 Å². The van der Waals surface area contributed by atoms with Crippen LogP contribution in [0.1, 0.15) is 12.2 Å². The third-order valence-corrected chi connectivity index (χ3v) is 7.76. The molecule has 1 atom stereocenters. The van der Waals surface area contributed by atoms with Gasteiger partial charge in [-0.15, -0.1) is 13.2 Å². The normalized spacial score (nSPS) is 22.5. The number of furan rings is 1. The van der Waals surface area contributed by atoms with Gasteiger partial charge >= 0.3 is 6.36 Å². The molecular formula is C19H14F3NO5S3. The molecule has 12 heteroatoms. The highest BCUT2D eigenvalue weighted by Gasteiger charge is 2.42. The van der Waals surface area contributed by atoms with Gasteiger partial charge in [-0.25, -0.2) is 8.42 Å². The SMILES string of the molecule is O=C1/C(=C\c2ccc(-c3ccccc3OC(F)(F)F)o2)SC(=S)N1C1CCS(=O)(=O)C1. The minimum atomic E-state index is -4.85. The summed E-state index contributed by atoms with van der Waals surface area (Å²) in [6, 6.07) is 8.02. The number of ether oxygens (including phenoxy) is 1. The van der Waals surface area contributed by atoms with Gasteiger partial charge in [0.1, 0.15) is 21.6 Å². The number of amides is 1. The minimum absolute atomic E-state index is 0.00865. The summed E-state index contributed by atoms with van der Waals surface area (Å²) in [7, 11) is -3.19. The molecule has 1 unspecified atom stereocenters. The van der Waals surface area contributed by atoms with E-state index in [0.717, 1.165) is 11.8 Å². The van der Waals surface area contributed by atoms with Crippen LogP contribution in [0, 0.1) is 0 Å². The minimum Gasteiger partial charge on any atom is -0.457 e. The van der Waals surface area contributed by atoms with Crippen molar-refractivity contribution in [2.75, 3.05) is 11.5 Å². The van der Waals surface area contributed by atoms with Gasteiger partial charge in [-0.05, 0) is 30.7 Å². The summed E-state index contributed by atoms with van der Waals surface area (Å²) in [6.07, 6.45) is -3.10. The van der Waals surface area contributed by atoms with Gasteiger partial charge in [0.15, 0.2) is 9.84 Å². The highest BCUT2D eigenvalue weighted by atomic mass is 32.2. The summed E-state index contributed by atoms with van der Waals surface area (Å²) in [6.45, 7) is 0. The van der Waals surface area contributed by atoms with Gasteiger partial charge in [-0.1, -0.05) is 36.1 Å². The third-order valence-electron chi connectivity index (χ3n) is 4.68. The van der Waals surface area contributed by atoms with Crippen molar-refractivity contribution in [3.8, 4) is 17.1 Å². The summed E-state index contributed by atoms with van der Waals surface area (Å²) in [5.41, 5.74) is 0.100. The average molecular weight is 490 g/mol. The van der Waals surface area contributed by atoms with Crippen LogP contribution in [0.4, 0.5) is 13.2 Å². The van der Waals surface area contributed by atoms with E-state index in [1.807, 2.05) is 0 Å². The zero-order chi connectivity index (χ0) is 22.4. The van der Waals surface area contributed by atoms with Crippen LogP contribution in [-0.2, 0) is 14.6 Å². The Labute approximate surface area is 185 Å². The lowest BCUT2D eigenvalue weighted by Gasteiger charge is -2.20. The van der Waals surface area contributed by atoms with E-state index in [1.54, 1.807) is 6.07 Å². The van der Waals surface area contributed by atoms with Crippen LogP contribution in [-0.4, -0.2) is 47.5 Å². The Morgan fingerprint density at radius 2 is 1.97 bits per heavy atom. The number of carbonyl (C=O) groups is 1. The molecule has 2 aliphatic heterocycles. The zero-order valence-electron chi connectivity index (χ0n) is 15.6. The van der Waals surface area contributed by atoms with Gasteiger partial charge in [0, 0.05) is 6.08 Å². The molecule has 0 spiro atoms. The number of hydrogen-bond acceptors (Lipinski definition) is 7. The topological polar surface area (TPSA) is 76.8 Å². The molecule has 0 aliphatic carbocycles. The van der Waals surface area contributed by atoms with Crippen LogP contribution >= 0.6 is 24.0 Å². The second kappa shape index (κ2) is 7.99. The number of rotatable bonds is 4. The van der Waals surface area contributed by atoms with Crippen LogP contribution in [0.3, 0.4) is 0 Å². The molecule has 3 heterocycles. The van der Waals surface area contributed by atoms with E-state index in [0.29, 0.717) is 6.42 Å². The third kappa shape index (κ3) is 4.80. The molecule has 0 radical (unpaired) electrons. The molecule has 31 heavy (non-hydrogen) atoms. The first-order chi connectivity index (χ1) is 14.5. The number of carbonyl (C=O) groups excluding carboxylic acids is 1. The second-order valence-corrected chi connectivity index (χ2v) is 10.8. The molecule has 2 fully saturated rings. The first-order valence-electron chi connectivity index (χ1n) is 8.95. The Morgan fingerprint density at radius 3 is 2.65 bits per heavy atom. The average Bonchev–Trinajstić information content (AvgIpc) is 3.33. The molecule has 2 aromatic rings.